The van der Waals surface area contributed by atoms with Gasteiger partial charge < -0.3 is 14.3 Å². The first-order valence-electron chi connectivity index (χ1n) is 11.6. The number of aromatic nitrogens is 1. The van der Waals surface area contributed by atoms with Crippen molar-refractivity contribution in [2.75, 3.05) is 16.6 Å². The second-order valence-corrected chi connectivity index (χ2v) is 19.0. The fraction of sp³-hybridized carbons (Fsp3) is 0.542. The largest absolute Gasteiger partial charge is 0.417 e. The molecule has 1 aromatic carbocycles. The lowest BCUT2D eigenvalue weighted by molar-refractivity contribution is 0.277. The zero-order valence-electron chi connectivity index (χ0n) is 21.4. The van der Waals surface area contributed by atoms with Crippen molar-refractivity contribution in [1.82, 2.24) is 4.57 Å². The third kappa shape index (κ3) is 5.94. The maximum atomic E-state index is 14.5. The van der Waals surface area contributed by atoms with Crippen LogP contribution in [0, 0.1) is 16.3 Å². The van der Waals surface area contributed by atoms with Crippen LogP contribution >= 0.6 is 22.6 Å². The van der Waals surface area contributed by atoms with E-state index >= 15 is 0 Å². The van der Waals surface area contributed by atoms with Gasteiger partial charge in [-0.1, -0.05) is 20.8 Å². The number of halogens is 2. The number of anilines is 3. The van der Waals surface area contributed by atoms with Crippen LogP contribution in [0.15, 0.2) is 29.2 Å². The van der Waals surface area contributed by atoms with E-state index in [0.717, 1.165) is 3.57 Å². The summed E-state index contributed by atoms with van der Waals surface area (Å²) in [6, 6.07) is 4.66. The van der Waals surface area contributed by atoms with Crippen LogP contribution in [0.5, 0.6) is 0 Å². The number of rotatable bonds is 9. The lowest BCUT2D eigenvalue weighted by Crippen LogP contribution is -2.42. The summed E-state index contributed by atoms with van der Waals surface area (Å²) in [6.07, 6.45) is 2.92. The number of pyridine rings is 1. The molecule has 0 unspecified atom stereocenters. The number of hydrogen-bond acceptors (Lipinski definition) is 5. The summed E-state index contributed by atoms with van der Waals surface area (Å²) in [6.45, 7) is 12.7. The molecule has 0 aliphatic heterocycles. The van der Waals surface area contributed by atoms with Gasteiger partial charge in [-0.25, -0.2) is 12.8 Å². The van der Waals surface area contributed by atoms with Gasteiger partial charge in [-0.05, 0) is 85.1 Å². The summed E-state index contributed by atoms with van der Waals surface area (Å²) < 4.78 is 51.7. The maximum Gasteiger partial charge on any atom is 0.255 e. The SMILES string of the molecule is Cc1c(Nc2ccc(I)cc2F)c(NS(=O)(=O)C2(CCO[Si](C)(C)C(C)(C)C)CC2)cn(C)c1=O. The average Bonchev–Trinajstić information content (AvgIpc) is 3.51. The molecule has 0 atom stereocenters. The van der Waals surface area contributed by atoms with Crippen LogP contribution in [0.3, 0.4) is 0 Å². The van der Waals surface area contributed by atoms with Crippen LogP contribution in [0.4, 0.5) is 21.5 Å². The molecule has 1 heterocycles. The number of benzene rings is 1. The molecule has 3 rings (SSSR count). The van der Waals surface area contributed by atoms with Crippen molar-refractivity contribution in [3.05, 3.63) is 49.7 Å². The standard InChI is InChI=1S/C24H35FIN3O4SSi/c1-16-21(27-19-9-8-17(26)14-18(19)25)20(15-29(5)22(16)30)28-34(31,32)24(10-11-24)12-13-33-35(6,7)23(2,3)4/h8-9,14-15,27-28H,10-13H2,1-7H3. The highest BCUT2D eigenvalue weighted by molar-refractivity contribution is 14.1. The molecule has 1 fully saturated rings. The van der Waals surface area contributed by atoms with Crippen molar-refractivity contribution in [1.29, 1.82) is 0 Å². The van der Waals surface area contributed by atoms with Crippen LogP contribution in [-0.4, -0.2) is 32.7 Å². The van der Waals surface area contributed by atoms with E-state index in [1.807, 2.05) is 22.6 Å². The zero-order valence-corrected chi connectivity index (χ0v) is 25.4. The normalized spacial score (nSPS) is 15.7. The number of nitrogens with zero attached hydrogens (tertiary/aromatic N) is 1. The Morgan fingerprint density at radius 2 is 1.86 bits per heavy atom. The van der Waals surface area contributed by atoms with Crippen LogP contribution in [-0.2, 0) is 21.5 Å². The Kier molecular flexibility index (Phi) is 7.87. The van der Waals surface area contributed by atoms with E-state index in [-0.39, 0.29) is 33.2 Å². The molecule has 1 saturated carbocycles. The van der Waals surface area contributed by atoms with Crippen LogP contribution < -0.4 is 15.6 Å². The minimum absolute atomic E-state index is 0.0402. The maximum absolute atomic E-state index is 14.5. The zero-order chi connectivity index (χ0) is 26.4. The first-order valence-corrected chi connectivity index (χ1v) is 17.1. The summed E-state index contributed by atoms with van der Waals surface area (Å²) in [5.74, 6) is -0.493. The molecule has 194 valence electrons. The topological polar surface area (TPSA) is 89.4 Å². The Morgan fingerprint density at radius 1 is 1.23 bits per heavy atom. The summed E-state index contributed by atoms with van der Waals surface area (Å²) in [5.41, 5.74) is 0.595. The van der Waals surface area contributed by atoms with Crippen molar-refractivity contribution in [2.45, 2.75) is 69.8 Å². The van der Waals surface area contributed by atoms with E-state index in [9.17, 15) is 17.6 Å². The monoisotopic (exact) mass is 635 g/mol. The van der Waals surface area contributed by atoms with Crippen LogP contribution in [0.2, 0.25) is 18.1 Å². The molecule has 11 heteroatoms. The summed E-state index contributed by atoms with van der Waals surface area (Å²) in [5, 5.41) is 2.98. The first-order chi connectivity index (χ1) is 16.0. The molecule has 0 saturated heterocycles. The van der Waals surface area contributed by atoms with Gasteiger partial charge in [0.1, 0.15) is 5.82 Å². The van der Waals surface area contributed by atoms with E-state index < -0.39 is 28.9 Å². The van der Waals surface area contributed by atoms with Gasteiger partial charge in [-0.15, -0.1) is 0 Å². The van der Waals surface area contributed by atoms with Crippen molar-refractivity contribution in [3.63, 3.8) is 0 Å². The third-order valence-corrected chi connectivity index (χ3v) is 14.7. The van der Waals surface area contributed by atoms with E-state index in [1.54, 1.807) is 26.1 Å². The Morgan fingerprint density at radius 3 is 2.40 bits per heavy atom. The van der Waals surface area contributed by atoms with Crippen LogP contribution in [0.1, 0.15) is 45.6 Å². The van der Waals surface area contributed by atoms with Gasteiger partial charge in [-0.2, -0.15) is 0 Å². The van der Waals surface area contributed by atoms with Gasteiger partial charge in [0.2, 0.25) is 10.0 Å². The fourth-order valence-corrected chi connectivity index (χ4v) is 6.76. The molecule has 0 radical (unpaired) electrons. The van der Waals surface area contributed by atoms with Gasteiger partial charge in [0.05, 0.1) is 21.8 Å². The van der Waals surface area contributed by atoms with Crippen molar-refractivity contribution in [3.8, 4) is 0 Å². The molecule has 2 aromatic rings. The van der Waals surface area contributed by atoms with Crippen LogP contribution in [0.25, 0.3) is 0 Å². The molecule has 0 bridgehead atoms. The smallest absolute Gasteiger partial charge is 0.255 e. The second-order valence-electron chi connectivity index (χ2n) is 10.9. The van der Waals surface area contributed by atoms with E-state index in [1.165, 1.54) is 16.8 Å². The van der Waals surface area contributed by atoms with Gasteiger partial charge in [-0.3, -0.25) is 9.52 Å². The Bertz CT molecular complexity index is 1280. The Hall–Kier alpha value is -1.44. The quantitative estimate of drug-likeness (QED) is 0.266. The predicted octanol–water partition coefficient (Wildman–Crippen LogP) is 5.87. The number of hydrogen-bond donors (Lipinski definition) is 2. The Balaban J connectivity index is 1.88. The molecule has 2 N–H and O–H groups in total. The summed E-state index contributed by atoms with van der Waals surface area (Å²) >= 11 is 2.01. The Labute approximate surface area is 222 Å². The highest BCUT2D eigenvalue weighted by atomic mass is 127. The lowest BCUT2D eigenvalue weighted by atomic mass is 10.2. The molecule has 1 aliphatic rings. The second kappa shape index (κ2) is 9.79. The molecule has 0 spiro atoms. The van der Waals surface area contributed by atoms with Crippen molar-refractivity contribution in [2.24, 2.45) is 7.05 Å². The van der Waals surface area contributed by atoms with E-state index in [4.69, 9.17) is 4.43 Å². The van der Waals surface area contributed by atoms with E-state index in [0.29, 0.717) is 25.9 Å². The molecular formula is C24H35FIN3O4SSi. The minimum Gasteiger partial charge on any atom is -0.417 e. The average molecular weight is 636 g/mol. The summed E-state index contributed by atoms with van der Waals surface area (Å²) in [7, 11) is -4.23. The van der Waals surface area contributed by atoms with Gasteiger partial charge >= 0.3 is 0 Å². The number of sulfonamides is 1. The van der Waals surface area contributed by atoms with E-state index in [2.05, 4.69) is 43.9 Å². The third-order valence-electron chi connectivity index (χ3n) is 7.25. The first kappa shape index (κ1) is 28.1. The number of nitrogens with one attached hydrogen (secondary N) is 2. The summed E-state index contributed by atoms with van der Waals surface area (Å²) in [4.78, 5) is 12.6. The number of aryl methyl sites for hydroxylation is 1. The molecule has 0 amide bonds. The van der Waals surface area contributed by atoms with Gasteiger partial charge in [0.15, 0.2) is 8.32 Å². The molecule has 1 aliphatic carbocycles. The van der Waals surface area contributed by atoms with Gasteiger partial charge in [0, 0.05) is 29.0 Å². The molecular weight excluding hydrogens is 600 g/mol. The van der Waals surface area contributed by atoms with Crippen molar-refractivity contribution >= 4 is 58.0 Å². The highest BCUT2D eigenvalue weighted by Gasteiger charge is 2.54. The molecule has 1 aromatic heterocycles. The minimum atomic E-state index is -3.80. The van der Waals surface area contributed by atoms with Gasteiger partial charge in [0.25, 0.3) is 5.56 Å². The highest BCUT2D eigenvalue weighted by Crippen LogP contribution is 2.48. The lowest BCUT2D eigenvalue weighted by Gasteiger charge is -2.36. The fourth-order valence-electron chi connectivity index (χ4n) is 3.61. The molecule has 7 nitrogen and oxygen atoms in total. The molecule has 35 heavy (non-hydrogen) atoms. The predicted molar refractivity (Wildman–Crippen MR) is 151 cm³/mol. The van der Waals surface area contributed by atoms with Crippen molar-refractivity contribution < 1.29 is 17.2 Å².